The van der Waals surface area contributed by atoms with Gasteiger partial charge in [0.05, 0.1) is 5.69 Å². The average Bonchev–Trinajstić information content (AvgIpc) is 2.67. The molecule has 1 atom stereocenters. The van der Waals surface area contributed by atoms with E-state index in [0.717, 1.165) is 23.0 Å². The number of aromatic nitrogens is 2. The van der Waals surface area contributed by atoms with Crippen LogP contribution in [0, 0.1) is 25.5 Å². The summed E-state index contributed by atoms with van der Waals surface area (Å²) >= 11 is 0. The summed E-state index contributed by atoms with van der Waals surface area (Å²) in [7, 11) is 1.89. The molecule has 0 aliphatic rings. The highest BCUT2D eigenvalue weighted by atomic mass is 19.1. The smallest absolute Gasteiger partial charge is 0.128 e. The maximum absolute atomic E-state index is 14.0. The number of aryl methyl sites for hydroxylation is 2. The lowest BCUT2D eigenvalue weighted by Crippen LogP contribution is -2.24. The maximum atomic E-state index is 14.0. The lowest BCUT2D eigenvalue weighted by atomic mass is 9.97. The van der Waals surface area contributed by atoms with E-state index in [2.05, 4.69) is 10.4 Å². The molecule has 114 valence electrons. The van der Waals surface area contributed by atoms with E-state index in [0.29, 0.717) is 18.5 Å². The Bertz CT molecular complexity index is 635. The van der Waals surface area contributed by atoms with Crippen molar-refractivity contribution in [2.75, 3.05) is 6.54 Å². The van der Waals surface area contributed by atoms with Gasteiger partial charge < -0.3 is 5.32 Å². The molecule has 5 heteroatoms. The summed E-state index contributed by atoms with van der Waals surface area (Å²) in [4.78, 5) is 0. The first-order valence-electron chi connectivity index (χ1n) is 7.11. The first-order valence-corrected chi connectivity index (χ1v) is 7.11. The molecule has 0 aliphatic carbocycles. The first-order chi connectivity index (χ1) is 9.93. The fourth-order valence-corrected chi connectivity index (χ4v) is 2.64. The van der Waals surface area contributed by atoms with Crippen LogP contribution in [0.1, 0.15) is 35.5 Å². The molecule has 0 saturated carbocycles. The van der Waals surface area contributed by atoms with Crippen LogP contribution in [0.2, 0.25) is 0 Å². The SMILES string of the molecule is CCNC(Cc1c(C)nn(C)c1C)c1cc(F)ccc1F. The van der Waals surface area contributed by atoms with E-state index in [4.69, 9.17) is 0 Å². The molecule has 2 rings (SSSR count). The quantitative estimate of drug-likeness (QED) is 0.917. The van der Waals surface area contributed by atoms with Crippen molar-refractivity contribution in [3.8, 4) is 0 Å². The van der Waals surface area contributed by atoms with Crippen LogP contribution >= 0.6 is 0 Å². The number of nitrogens with zero attached hydrogens (tertiary/aromatic N) is 2. The van der Waals surface area contributed by atoms with Gasteiger partial charge in [0.2, 0.25) is 0 Å². The molecular formula is C16H21F2N3. The minimum atomic E-state index is -0.422. The Morgan fingerprint density at radius 3 is 2.57 bits per heavy atom. The van der Waals surface area contributed by atoms with Crippen molar-refractivity contribution in [1.29, 1.82) is 0 Å². The molecule has 0 fully saturated rings. The summed E-state index contributed by atoms with van der Waals surface area (Å²) in [5, 5.41) is 7.61. The topological polar surface area (TPSA) is 29.9 Å². The van der Waals surface area contributed by atoms with Crippen molar-refractivity contribution in [2.24, 2.45) is 7.05 Å². The van der Waals surface area contributed by atoms with Crippen LogP contribution in [0.15, 0.2) is 18.2 Å². The normalized spacial score (nSPS) is 12.7. The predicted octanol–water partition coefficient (Wildman–Crippen LogP) is 3.21. The molecule has 0 radical (unpaired) electrons. The van der Waals surface area contributed by atoms with Gasteiger partial charge in [0, 0.05) is 24.3 Å². The fourth-order valence-electron chi connectivity index (χ4n) is 2.64. The largest absolute Gasteiger partial charge is 0.310 e. The van der Waals surface area contributed by atoms with Crippen LogP contribution in [-0.2, 0) is 13.5 Å². The number of hydrogen-bond acceptors (Lipinski definition) is 2. The highest BCUT2D eigenvalue weighted by molar-refractivity contribution is 5.30. The molecule has 3 nitrogen and oxygen atoms in total. The zero-order chi connectivity index (χ0) is 15.6. The van der Waals surface area contributed by atoms with Gasteiger partial charge in [-0.15, -0.1) is 0 Å². The Morgan fingerprint density at radius 1 is 1.29 bits per heavy atom. The number of hydrogen-bond donors (Lipinski definition) is 1. The second kappa shape index (κ2) is 6.35. The molecule has 1 N–H and O–H groups in total. The van der Waals surface area contributed by atoms with Crippen LogP contribution in [-0.4, -0.2) is 16.3 Å². The molecule has 1 aromatic heterocycles. The van der Waals surface area contributed by atoms with E-state index in [9.17, 15) is 8.78 Å². The van der Waals surface area contributed by atoms with Crippen molar-refractivity contribution in [2.45, 2.75) is 33.2 Å². The molecule has 0 aliphatic heterocycles. The molecule has 2 aromatic rings. The lowest BCUT2D eigenvalue weighted by molar-refractivity contribution is 0.500. The molecule has 1 unspecified atom stereocenters. The Balaban J connectivity index is 2.37. The summed E-state index contributed by atoms with van der Waals surface area (Å²) in [5.74, 6) is -0.810. The van der Waals surface area contributed by atoms with Gasteiger partial charge in [-0.1, -0.05) is 6.92 Å². The van der Waals surface area contributed by atoms with E-state index < -0.39 is 5.82 Å². The van der Waals surface area contributed by atoms with Crippen molar-refractivity contribution >= 4 is 0 Å². The van der Waals surface area contributed by atoms with Crippen LogP contribution in [0.25, 0.3) is 0 Å². The van der Waals surface area contributed by atoms with E-state index in [-0.39, 0.29) is 11.9 Å². The summed E-state index contributed by atoms with van der Waals surface area (Å²) in [6.45, 7) is 6.56. The van der Waals surface area contributed by atoms with E-state index in [1.807, 2.05) is 32.5 Å². The second-order valence-corrected chi connectivity index (χ2v) is 5.25. The summed E-state index contributed by atoms with van der Waals surface area (Å²) in [5.41, 5.74) is 3.41. The van der Waals surface area contributed by atoms with Gasteiger partial charge in [-0.2, -0.15) is 5.10 Å². The minimum absolute atomic E-state index is 0.271. The highest BCUT2D eigenvalue weighted by Gasteiger charge is 2.20. The molecule has 1 aromatic carbocycles. The van der Waals surface area contributed by atoms with E-state index >= 15 is 0 Å². The molecule has 0 saturated heterocycles. The van der Waals surface area contributed by atoms with Gasteiger partial charge in [0.25, 0.3) is 0 Å². The van der Waals surface area contributed by atoms with Crippen molar-refractivity contribution < 1.29 is 8.78 Å². The third kappa shape index (κ3) is 3.29. The van der Waals surface area contributed by atoms with Gasteiger partial charge in [0.15, 0.2) is 0 Å². The van der Waals surface area contributed by atoms with Gasteiger partial charge in [-0.3, -0.25) is 4.68 Å². The van der Waals surface area contributed by atoms with Crippen LogP contribution in [0.3, 0.4) is 0 Å². The van der Waals surface area contributed by atoms with Gasteiger partial charge in [-0.05, 0) is 50.6 Å². The Hall–Kier alpha value is -1.75. The van der Waals surface area contributed by atoms with E-state index in [1.54, 1.807) is 0 Å². The number of benzene rings is 1. The highest BCUT2D eigenvalue weighted by Crippen LogP contribution is 2.25. The number of rotatable bonds is 5. The predicted molar refractivity (Wildman–Crippen MR) is 79.2 cm³/mol. The Labute approximate surface area is 124 Å². The maximum Gasteiger partial charge on any atom is 0.128 e. The molecule has 21 heavy (non-hydrogen) atoms. The minimum Gasteiger partial charge on any atom is -0.310 e. The van der Waals surface area contributed by atoms with Gasteiger partial charge in [0.1, 0.15) is 11.6 Å². The third-order valence-corrected chi connectivity index (χ3v) is 3.85. The zero-order valence-electron chi connectivity index (χ0n) is 12.9. The Morgan fingerprint density at radius 2 is 2.00 bits per heavy atom. The Kier molecular flexibility index (Phi) is 4.73. The third-order valence-electron chi connectivity index (χ3n) is 3.85. The van der Waals surface area contributed by atoms with Crippen LogP contribution < -0.4 is 5.32 Å². The first kappa shape index (κ1) is 15.6. The molecule has 0 bridgehead atoms. The fraction of sp³-hybridized carbons (Fsp3) is 0.438. The monoisotopic (exact) mass is 293 g/mol. The second-order valence-electron chi connectivity index (χ2n) is 5.25. The standard InChI is InChI=1S/C16H21F2N3/c1-5-19-16(14-8-12(17)6-7-15(14)18)9-13-10(2)20-21(4)11(13)3/h6-8,16,19H,5,9H2,1-4H3. The van der Waals surface area contributed by atoms with Crippen molar-refractivity contribution in [3.63, 3.8) is 0 Å². The zero-order valence-corrected chi connectivity index (χ0v) is 12.9. The molecule has 0 amide bonds. The van der Waals surface area contributed by atoms with E-state index in [1.165, 1.54) is 12.1 Å². The summed E-state index contributed by atoms with van der Waals surface area (Å²) in [6.07, 6.45) is 0.583. The van der Waals surface area contributed by atoms with Gasteiger partial charge >= 0.3 is 0 Å². The van der Waals surface area contributed by atoms with Crippen LogP contribution in [0.4, 0.5) is 8.78 Å². The summed E-state index contributed by atoms with van der Waals surface area (Å²) in [6, 6.07) is 3.32. The van der Waals surface area contributed by atoms with Crippen LogP contribution in [0.5, 0.6) is 0 Å². The number of likely N-dealkylation sites (N-methyl/N-ethyl adjacent to an activating group) is 1. The lowest BCUT2D eigenvalue weighted by Gasteiger charge is -2.19. The van der Waals surface area contributed by atoms with Crippen molar-refractivity contribution in [3.05, 3.63) is 52.3 Å². The van der Waals surface area contributed by atoms with Gasteiger partial charge in [-0.25, -0.2) is 8.78 Å². The average molecular weight is 293 g/mol. The molecular weight excluding hydrogens is 272 g/mol. The molecule has 0 spiro atoms. The van der Waals surface area contributed by atoms with Crippen molar-refractivity contribution in [1.82, 2.24) is 15.1 Å². The summed E-state index contributed by atoms with van der Waals surface area (Å²) < 4.78 is 29.3. The molecule has 1 heterocycles. The number of halogens is 2. The number of nitrogens with one attached hydrogen (secondary N) is 1.